The standard InChI is InChI=1S/C16H11F3N4O3/c17-16(18,19)10-2-4-13-21-22-14(23(13)7-10)6-20-15(24)9-1-3-11-12(5-9)26-8-25-11/h1-5,7H,6,8H2,(H,20,24). The van der Waals surface area contributed by atoms with E-state index in [-0.39, 0.29) is 24.8 Å². The van der Waals surface area contributed by atoms with Crippen LogP contribution >= 0.6 is 0 Å². The predicted octanol–water partition coefficient (Wildman–Crippen LogP) is 2.41. The summed E-state index contributed by atoms with van der Waals surface area (Å²) in [7, 11) is 0. The smallest absolute Gasteiger partial charge is 0.417 e. The maximum Gasteiger partial charge on any atom is 0.417 e. The summed E-state index contributed by atoms with van der Waals surface area (Å²) in [5.74, 6) is 0.761. The first-order valence-electron chi connectivity index (χ1n) is 7.50. The largest absolute Gasteiger partial charge is 0.454 e. The Morgan fingerprint density at radius 2 is 1.96 bits per heavy atom. The summed E-state index contributed by atoms with van der Waals surface area (Å²) in [6.45, 7) is 0.00340. The molecule has 3 aromatic rings. The maximum atomic E-state index is 12.9. The molecule has 0 spiro atoms. The third-order valence-corrected chi connectivity index (χ3v) is 3.84. The van der Waals surface area contributed by atoms with Crippen molar-refractivity contribution in [3.63, 3.8) is 0 Å². The van der Waals surface area contributed by atoms with Gasteiger partial charge in [-0.3, -0.25) is 9.20 Å². The monoisotopic (exact) mass is 364 g/mol. The molecule has 7 nitrogen and oxygen atoms in total. The van der Waals surface area contributed by atoms with Gasteiger partial charge in [-0.2, -0.15) is 13.2 Å². The average molecular weight is 364 g/mol. The molecule has 4 rings (SSSR count). The minimum atomic E-state index is -4.48. The number of nitrogens with one attached hydrogen (secondary N) is 1. The third-order valence-electron chi connectivity index (χ3n) is 3.84. The first-order valence-corrected chi connectivity index (χ1v) is 7.50. The van der Waals surface area contributed by atoms with Crippen LogP contribution in [-0.2, 0) is 12.7 Å². The molecule has 2 aromatic heterocycles. The van der Waals surface area contributed by atoms with Gasteiger partial charge < -0.3 is 14.8 Å². The third kappa shape index (κ3) is 2.89. The molecule has 0 aliphatic carbocycles. The molecule has 0 bridgehead atoms. The number of carbonyl (C=O) groups is 1. The molecular formula is C16H11F3N4O3. The van der Waals surface area contributed by atoms with Gasteiger partial charge in [-0.05, 0) is 30.3 Å². The zero-order chi connectivity index (χ0) is 18.3. The maximum absolute atomic E-state index is 12.9. The van der Waals surface area contributed by atoms with Crippen LogP contribution in [0.2, 0.25) is 0 Å². The van der Waals surface area contributed by atoms with E-state index in [1.165, 1.54) is 16.5 Å². The first kappa shape index (κ1) is 16.2. The Morgan fingerprint density at radius 1 is 1.15 bits per heavy atom. The number of pyridine rings is 1. The number of amides is 1. The normalized spacial score (nSPS) is 13.2. The van der Waals surface area contributed by atoms with Crippen molar-refractivity contribution in [3.05, 3.63) is 53.5 Å². The van der Waals surface area contributed by atoms with Gasteiger partial charge in [0.05, 0.1) is 12.1 Å². The van der Waals surface area contributed by atoms with Gasteiger partial charge in [0.2, 0.25) is 6.79 Å². The highest BCUT2D eigenvalue weighted by Crippen LogP contribution is 2.32. The Balaban J connectivity index is 1.53. The quantitative estimate of drug-likeness (QED) is 0.772. The number of benzene rings is 1. The van der Waals surface area contributed by atoms with Gasteiger partial charge in [0.15, 0.2) is 23.0 Å². The molecule has 0 atom stereocenters. The predicted molar refractivity (Wildman–Crippen MR) is 81.7 cm³/mol. The summed E-state index contributed by atoms with van der Waals surface area (Å²) in [6.07, 6.45) is -3.58. The van der Waals surface area contributed by atoms with E-state index in [9.17, 15) is 18.0 Å². The van der Waals surface area contributed by atoms with Crippen LogP contribution in [0.1, 0.15) is 21.7 Å². The van der Waals surface area contributed by atoms with Crippen molar-refractivity contribution in [1.29, 1.82) is 0 Å². The topological polar surface area (TPSA) is 77.8 Å². The van der Waals surface area contributed by atoms with E-state index in [1.807, 2.05) is 0 Å². The zero-order valence-electron chi connectivity index (χ0n) is 13.1. The van der Waals surface area contributed by atoms with Crippen molar-refractivity contribution < 1.29 is 27.4 Å². The van der Waals surface area contributed by atoms with E-state index in [1.54, 1.807) is 12.1 Å². The molecule has 3 heterocycles. The van der Waals surface area contributed by atoms with Crippen LogP contribution in [0.25, 0.3) is 5.65 Å². The number of fused-ring (bicyclic) bond motifs is 2. The van der Waals surface area contributed by atoms with Gasteiger partial charge in [-0.1, -0.05) is 0 Å². The van der Waals surface area contributed by atoms with Gasteiger partial charge in [0.1, 0.15) is 0 Å². The number of rotatable bonds is 3. The second-order valence-corrected chi connectivity index (χ2v) is 5.51. The summed E-state index contributed by atoms with van der Waals surface area (Å²) in [5.41, 5.74) is -0.238. The van der Waals surface area contributed by atoms with Gasteiger partial charge in [0, 0.05) is 11.8 Å². The molecule has 1 aliphatic rings. The molecule has 0 saturated heterocycles. The van der Waals surface area contributed by atoms with E-state index in [0.29, 0.717) is 17.1 Å². The number of ether oxygens (including phenoxy) is 2. The summed E-state index contributed by atoms with van der Waals surface area (Å²) in [6, 6.07) is 6.85. The molecular weight excluding hydrogens is 353 g/mol. The van der Waals surface area contributed by atoms with Gasteiger partial charge in [-0.25, -0.2) is 0 Å². The first-order chi connectivity index (χ1) is 12.4. The van der Waals surface area contributed by atoms with E-state index >= 15 is 0 Å². The van der Waals surface area contributed by atoms with Gasteiger partial charge in [-0.15, -0.1) is 10.2 Å². The number of hydrogen-bond acceptors (Lipinski definition) is 5. The number of halogens is 3. The number of aromatic nitrogens is 3. The second-order valence-electron chi connectivity index (χ2n) is 5.51. The van der Waals surface area contributed by atoms with E-state index in [0.717, 1.165) is 12.3 Å². The lowest BCUT2D eigenvalue weighted by molar-refractivity contribution is -0.137. The fraction of sp³-hybridized carbons (Fsp3) is 0.188. The molecule has 10 heteroatoms. The summed E-state index contributed by atoms with van der Waals surface area (Å²) >= 11 is 0. The minimum absolute atomic E-state index is 0.0875. The van der Waals surface area contributed by atoms with Crippen LogP contribution in [0.4, 0.5) is 13.2 Å². The fourth-order valence-corrected chi connectivity index (χ4v) is 2.53. The highest BCUT2D eigenvalue weighted by molar-refractivity contribution is 5.94. The molecule has 0 unspecified atom stereocenters. The van der Waals surface area contributed by atoms with Crippen molar-refractivity contribution in [1.82, 2.24) is 19.9 Å². The van der Waals surface area contributed by atoms with E-state index in [4.69, 9.17) is 9.47 Å². The van der Waals surface area contributed by atoms with Crippen molar-refractivity contribution in [2.45, 2.75) is 12.7 Å². The van der Waals surface area contributed by atoms with E-state index < -0.39 is 17.6 Å². The molecule has 1 aliphatic heterocycles. The van der Waals surface area contributed by atoms with Crippen LogP contribution in [0.5, 0.6) is 11.5 Å². The second kappa shape index (κ2) is 5.90. The number of nitrogens with zero attached hydrogens (tertiary/aromatic N) is 3. The summed E-state index contributed by atoms with van der Waals surface area (Å²) in [4.78, 5) is 12.3. The van der Waals surface area contributed by atoms with Crippen LogP contribution in [0, 0.1) is 0 Å². The Hall–Kier alpha value is -3.30. The van der Waals surface area contributed by atoms with Crippen LogP contribution in [0.3, 0.4) is 0 Å². The van der Waals surface area contributed by atoms with Crippen molar-refractivity contribution >= 4 is 11.6 Å². The highest BCUT2D eigenvalue weighted by atomic mass is 19.4. The molecule has 0 saturated carbocycles. The summed E-state index contributed by atoms with van der Waals surface area (Å²) < 4.78 is 50.1. The van der Waals surface area contributed by atoms with Gasteiger partial charge >= 0.3 is 6.18 Å². The average Bonchev–Trinajstić information content (AvgIpc) is 3.24. The van der Waals surface area contributed by atoms with Crippen molar-refractivity contribution in [2.75, 3.05) is 6.79 Å². The van der Waals surface area contributed by atoms with Crippen LogP contribution < -0.4 is 14.8 Å². The van der Waals surface area contributed by atoms with Gasteiger partial charge in [0.25, 0.3) is 5.91 Å². The lowest BCUT2D eigenvalue weighted by Crippen LogP contribution is -2.24. The number of hydrogen-bond donors (Lipinski definition) is 1. The van der Waals surface area contributed by atoms with Crippen LogP contribution in [0.15, 0.2) is 36.5 Å². The fourth-order valence-electron chi connectivity index (χ4n) is 2.53. The SMILES string of the molecule is O=C(NCc1nnc2ccc(C(F)(F)F)cn12)c1ccc2c(c1)OCO2. The highest BCUT2D eigenvalue weighted by Gasteiger charge is 2.31. The lowest BCUT2D eigenvalue weighted by atomic mass is 10.2. The molecule has 134 valence electrons. The molecule has 0 fully saturated rings. The Labute approximate surface area is 144 Å². The molecule has 1 aromatic carbocycles. The van der Waals surface area contributed by atoms with Crippen molar-refractivity contribution in [2.24, 2.45) is 0 Å². The Kier molecular flexibility index (Phi) is 3.67. The van der Waals surface area contributed by atoms with Crippen LogP contribution in [-0.4, -0.2) is 27.3 Å². The Bertz CT molecular complexity index is 1000. The number of alkyl halides is 3. The summed E-state index contributed by atoms with van der Waals surface area (Å²) in [5, 5.41) is 10.2. The molecule has 26 heavy (non-hydrogen) atoms. The molecule has 1 N–H and O–H groups in total. The number of carbonyl (C=O) groups excluding carboxylic acids is 1. The van der Waals surface area contributed by atoms with Crippen molar-refractivity contribution in [3.8, 4) is 11.5 Å². The zero-order valence-corrected chi connectivity index (χ0v) is 13.1. The Morgan fingerprint density at radius 3 is 2.77 bits per heavy atom. The minimum Gasteiger partial charge on any atom is -0.454 e. The lowest BCUT2D eigenvalue weighted by Gasteiger charge is -2.08. The molecule has 1 amide bonds. The van der Waals surface area contributed by atoms with E-state index in [2.05, 4.69) is 15.5 Å². The molecule has 0 radical (unpaired) electrons.